The second kappa shape index (κ2) is 15.8. The van der Waals surface area contributed by atoms with Crippen LogP contribution in [0.25, 0.3) is 22.4 Å². The normalized spacial score (nSPS) is 11.0. The number of carbonyl (C=O) groups is 1. The van der Waals surface area contributed by atoms with Gasteiger partial charge in [-0.05, 0) is 49.6 Å². The van der Waals surface area contributed by atoms with Gasteiger partial charge in [0.05, 0.1) is 12.8 Å². The predicted molar refractivity (Wildman–Crippen MR) is 176 cm³/mol. The fourth-order valence-electron chi connectivity index (χ4n) is 5.48. The summed E-state index contributed by atoms with van der Waals surface area (Å²) in [6, 6.07) is 29.8. The molecule has 0 aliphatic carbocycles. The first kappa shape index (κ1) is 33.7. The number of methoxy groups -OCH3 is 1. The van der Waals surface area contributed by atoms with Crippen molar-refractivity contribution in [2.45, 2.75) is 45.4 Å². The summed E-state index contributed by atoms with van der Waals surface area (Å²) in [4.78, 5) is 23.8. The van der Waals surface area contributed by atoms with Crippen LogP contribution < -0.4 is 4.90 Å². The predicted octanol–water partition coefficient (Wildman–Crippen LogP) is 6.65. The van der Waals surface area contributed by atoms with Gasteiger partial charge in [0, 0.05) is 36.3 Å². The Morgan fingerprint density at radius 3 is 2.43 bits per heavy atom. The summed E-state index contributed by atoms with van der Waals surface area (Å²) in [6.07, 6.45) is 9.42. The number of esters is 1. The molecule has 4 aromatic heterocycles. The van der Waals surface area contributed by atoms with Crippen molar-refractivity contribution in [3.8, 4) is 11.4 Å². The smallest absolute Gasteiger partial charge is 0.464 e. The molecule has 0 radical (unpaired) electrons. The molecule has 242 valence electrons. The SMILES string of the molecule is COC(=O)c1cc(N(c2ccc(CCCCCCCO)cc2)c2cc(C)n(-c3[c-]cccc3)n2)nn1-c1[c-]cnc2ncccc12.[Pt+2]. The molecule has 47 heavy (non-hydrogen) atoms. The average Bonchev–Trinajstić information content (AvgIpc) is 3.71. The first-order chi connectivity index (χ1) is 22.6. The van der Waals surface area contributed by atoms with Gasteiger partial charge < -0.3 is 9.84 Å². The van der Waals surface area contributed by atoms with Crippen molar-refractivity contribution in [3.05, 3.63) is 114 Å². The van der Waals surface area contributed by atoms with Gasteiger partial charge in [-0.2, -0.15) is 34.5 Å². The molecule has 11 heteroatoms. The summed E-state index contributed by atoms with van der Waals surface area (Å²) < 4.78 is 8.54. The zero-order valence-electron chi connectivity index (χ0n) is 26.2. The van der Waals surface area contributed by atoms with E-state index >= 15 is 0 Å². The minimum absolute atomic E-state index is 0. The van der Waals surface area contributed by atoms with Crippen LogP contribution >= 0.6 is 0 Å². The maximum Gasteiger partial charge on any atom is 2.00 e. The molecule has 0 saturated carbocycles. The number of rotatable bonds is 13. The molecule has 0 saturated heterocycles. The molecule has 0 fully saturated rings. The van der Waals surface area contributed by atoms with Crippen LogP contribution in [0.15, 0.2) is 85.2 Å². The molecule has 0 amide bonds. The first-order valence-corrected chi connectivity index (χ1v) is 15.4. The van der Waals surface area contributed by atoms with Crippen LogP contribution in [0, 0.1) is 19.1 Å². The van der Waals surface area contributed by atoms with E-state index in [9.17, 15) is 4.79 Å². The molecule has 2 aromatic carbocycles. The summed E-state index contributed by atoms with van der Waals surface area (Å²) in [6.45, 7) is 2.25. The van der Waals surface area contributed by atoms with Gasteiger partial charge in [-0.25, -0.2) is 10.9 Å². The van der Waals surface area contributed by atoms with E-state index in [1.807, 2.05) is 59.0 Å². The molecule has 0 bridgehead atoms. The van der Waals surface area contributed by atoms with E-state index in [1.54, 1.807) is 12.3 Å². The monoisotopic (exact) mass is 808 g/mol. The van der Waals surface area contributed by atoms with Gasteiger partial charge in [0.2, 0.25) is 0 Å². The van der Waals surface area contributed by atoms with E-state index in [-0.39, 0.29) is 33.4 Å². The van der Waals surface area contributed by atoms with E-state index in [0.29, 0.717) is 28.4 Å². The van der Waals surface area contributed by atoms with Crippen molar-refractivity contribution in [2.24, 2.45) is 0 Å². The number of carbonyl (C=O) groups excluding carboxylic acids is 1. The number of ether oxygens (including phenoxy) is 1. The number of hydrogen-bond acceptors (Lipinski definition) is 8. The Balaban J connectivity index is 0.00000433. The summed E-state index contributed by atoms with van der Waals surface area (Å²) in [5.41, 5.74) is 5.05. The molecule has 4 heterocycles. The van der Waals surface area contributed by atoms with Crippen molar-refractivity contribution in [1.82, 2.24) is 29.5 Å². The Morgan fingerprint density at radius 1 is 0.894 bits per heavy atom. The van der Waals surface area contributed by atoms with Crippen LogP contribution in [0.2, 0.25) is 0 Å². The van der Waals surface area contributed by atoms with E-state index in [1.165, 1.54) is 23.6 Å². The second-order valence-corrected chi connectivity index (χ2v) is 11.0. The Morgan fingerprint density at radius 2 is 1.66 bits per heavy atom. The zero-order valence-corrected chi connectivity index (χ0v) is 28.5. The molecular weight excluding hydrogens is 774 g/mol. The van der Waals surface area contributed by atoms with Crippen molar-refractivity contribution in [3.63, 3.8) is 0 Å². The van der Waals surface area contributed by atoms with Crippen LogP contribution in [0.1, 0.15) is 53.8 Å². The fourth-order valence-corrected chi connectivity index (χ4v) is 5.48. The number of aliphatic hydroxyl groups is 1. The fraction of sp³-hybridized carbons (Fsp3) is 0.250. The van der Waals surface area contributed by atoms with Gasteiger partial charge in [-0.15, -0.1) is 17.5 Å². The summed E-state index contributed by atoms with van der Waals surface area (Å²) in [7, 11) is 1.35. The molecule has 0 spiro atoms. The number of para-hydroxylation sites is 1. The van der Waals surface area contributed by atoms with Crippen LogP contribution in [-0.2, 0) is 32.2 Å². The van der Waals surface area contributed by atoms with Gasteiger partial charge in [-0.1, -0.05) is 49.3 Å². The van der Waals surface area contributed by atoms with Crippen molar-refractivity contribution >= 4 is 34.3 Å². The van der Waals surface area contributed by atoms with Gasteiger partial charge in [0.1, 0.15) is 0 Å². The number of nitrogens with zero attached hydrogens (tertiary/aromatic N) is 7. The molecule has 1 N–H and O–H groups in total. The van der Waals surface area contributed by atoms with Crippen LogP contribution in [0.5, 0.6) is 0 Å². The molecule has 0 unspecified atom stereocenters. The third kappa shape index (κ3) is 7.50. The number of unbranched alkanes of at least 4 members (excludes halogenated alkanes) is 4. The van der Waals surface area contributed by atoms with Gasteiger partial charge in [0.25, 0.3) is 0 Å². The quantitative estimate of drug-likeness (QED) is 0.0786. The number of benzene rings is 2. The molecule has 0 aliphatic rings. The van der Waals surface area contributed by atoms with Gasteiger partial charge >= 0.3 is 27.0 Å². The second-order valence-electron chi connectivity index (χ2n) is 11.0. The maximum atomic E-state index is 13.1. The van der Waals surface area contributed by atoms with E-state index < -0.39 is 5.97 Å². The number of fused-ring (bicyclic) bond motifs is 1. The summed E-state index contributed by atoms with van der Waals surface area (Å²) in [5.74, 6) is 0.551. The maximum absolute atomic E-state index is 13.1. The van der Waals surface area contributed by atoms with Gasteiger partial charge in [-0.3, -0.25) is 24.2 Å². The molecule has 0 aliphatic heterocycles. The number of anilines is 3. The number of aliphatic hydroxyl groups excluding tert-OH is 1. The van der Waals surface area contributed by atoms with Gasteiger partial charge in [0.15, 0.2) is 17.3 Å². The number of aromatic nitrogens is 6. The van der Waals surface area contributed by atoms with Crippen LogP contribution in [-0.4, -0.2) is 54.3 Å². The Bertz CT molecular complexity index is 1920. The minimum atomic E-state index is -0.545. The Kier molecular flexibility index (Phi) is 11.3. The third-order valence-corrected chi connectivity index (χ3v) is 7.80. The third-order valence-electron chi connectivity index (χ3n) is 7.80. The minimum Gasteiger partial charge on any atom is -0.464 e. The topological polar surface area (TPSA) is 111 Å². The van der Waals surface area contributed by atoms with E-state index in [0.717, 1.165) is 55.6 Å². The number of aryl methyl sites for hydroxylation is 2. The molecular formula is C36H35N7O3Pt. The Hall–Kier alpha value is -4.66. The molecule has 6 aromatic rings. The number of hydrogen-bond donors (Lipinski definition) is 1. The van der Waals surface area contributed by atoms with Crippen molar-refractivity contribution in [2.75, 3.05) is 18.6 Å². The number of pyridine rings is 2. The Labute approximate surface area is 288 Å². The standard InChI is InChI=1S/C36H35N7O3.Pt/c1-26-24-33(39-42(26)29-13-8-6-9-14-29)41(28-18-16-27(17-19-28)12-7-4-3-5-10-23-44)34-25-32(36(45)46-2)43(40-34)31-20-22-38-35-30(31)15-11-21-37-35;/h6,8-9,11,13,15-19,21-22,24-25,44H,3-5,7,10,12,23H2,1-2H3;/q-2;+2. The largest absolute Gasteiger partial charge is 2.00 e. The van der Waals surface area contributed by atoms with E-state index in [4.69, 9.17) is 20.0 Å². The molecule has 10 nitrogen and oxygen atoms in total. The summed E-state index contributed by atoms with van der Waals surface area (Å²) in [5, 5.41) is 19.6. The average molecular weight is 809 g/mol. The van der Waals surface area contributed by atoms with E-state index in [2.05, 4.69) is 46.4 Å². The summed E-state index contributed by atoms with van der Waals surface area (Å²) >= 11 is 0. The van der Waals surface area contributed by atoms with Crippen LogP contribution in [0.3, 0.4) is 0 Å². The molecule has 0 atom stereocenters. The first-order valence-electron chi connectivity index (χ1n) is 15.4. The van der Waals surface area contributed by atoms with Crippen molar-refractivity contribution in [1.29, 1.82) is 0 Å². The molecule has 6 rings (SSSR count). The zero-order chi connectivity index (χ0) is 31.9. The van der Waals surface area contributed by atoms with Crippen LogP contribution in [0.4, 0.5) is 17.3 Å². The van der Waals surface area contributed by atoms with Crippen molar-refractivity contribution < 1.29 is 35.7 Å².